The molecule has 28 heavy (non-hydrogen) atoms. The van der Waals surface area contributed by atoms with Gasteiger partial charge in [-0.2, -0.15) is 0 Å². The van der Waals surface area contributed by atoms with Crippen LogP contribution in [0, 0.1) is 5.41 Å². The number of likely N-dealkylation sites (tertiary alicyclic amines) is 1. The third-order valence-corrected chi connectivity index (χ3v) is 5.68. The van der Waals surface area contributed by atoms with Gasteiger partial charge in [-0.1, -0.05) is 12.1 Å². The Hall–Kier alpha value is -1.56. The van der Waals surface area contributed by atoms with Gasteiger partial charge < -0.3 is 15.5 Å². The highest BCUT2D eigenvalue weighted by atomic mass is 127. The van der Waals surface area contributed by atoms with Gasteiger partial charge in [0.05, 0.1) is 6.26 Å². The van der Waals surface area contributed by atoms with Crippen LogP contribution in [-0.4, -0.2) is 58.1 Å². The number of halogens is 1. The van der Waals surface area contributed by atoms with Crippen molar-refractivity contribution in [3.8, 4) is 0 Å². The second kappa shape index (κ2) is 9.29. The standard InChI is InChI=1S/C18H27N5O3S.HI/c1-19-17(23-9-3-8-18(13-23)10-16(24)21-12-18)20-11-14-4-6-15(7-5-14)22-27(2,25)26;/h4-7,22H,3,8-13H2,1-2H3,(H,19,20)(H,21,24);1H. The Morgan fingerprint density at radius 1 is 1.32 bits per heavy atom. The molecule has 1 spiro atoms. The summed E-state index contributed by atoms with van der Waals surface area (Å²) in [5.74, 6) is 0.967. The monoisotopic (exact) mass is 521 g/mol. The fourth-order valence-electron chi connectivity index (χ4n) is 3.85. The van der Waals surface area contributed by atoms with E-state index in [1.54, 1.807) is 19.2 Å². The lowest BCUT2D eigenvalue weighted by molar-refractivity contribution is -0.119. The molecule has 156 valence electrons. The molecule has 2 saturated heterocycles. The van der Waals surface area contributed by atoms with Crippen LogP contribution in [0.25, 0.3) is 0 Å². The van der Waals surface area contributed by atoms with E-state index < -0.39 is 10.0 Å². The van der Waals surface area contributed by atoms with Gasteiger partial charge >= 0.3 is 0 Å². The molecule has 2 aliphatic heterocycles. The molecule has 2 aliphatic rings. The summed E-state index contributed by atoms with van der Waals surface area (Å²) >= 11 is 0. The minimum Gasteiger partial charge on any atom is -0.355 e. The van der Waals surface area contributed by atoms with Crippen molar-refractivity contribution in [3.63, 3.8) is 0 Å². The zero-order chi connectivity index (χ0) is 19.5. The number of rotatable bonds is 4. The summed E-state index contributed by atoms with van der Waals surface area (Å²) in [6, 6.07) is 7.25. The number of carbonyl (C=O) groups is 1. The molecule has 0 saturated carbocycles. The van der Waals surface area contributed by atoms with Crippen LogP contribution < -0.4 is 15.4 Å². The molecule has 1 aromatic carbocycles. The van der Waals surface area contributed by atoms with Crippen LogP contribution in [0.5, 0.6) is 0 Å². The molecule has 10 heteroatoms. The molecule has 1 unspecified atom stereocenters. The largest absolute Gasteiger partial charge is 0.355 e. The maximum Gasteiger partial charge on any atom is 0.229 e. The van der Waals surface area contributed by atoms with Gasteiger partial charge in [0.25, 0.3) is 0 Å². The highest BCUT2D eigenvalue weighted by Gasteiger charge is 2.42. The van der Waals surface area contributed by atoms with E-state index >= 15 is 0 Å². The molecule has 0 aromatic heterocycles. The smallest absolute Gasteiger partial charge is 0.229 e. The number of carbonyl (C=O) groups excluding carboxylic acids is 1. The Labute approximate surface area is 183 Å². The van der Waals surface area contributed by atoms with Crippen LogP contribution in [0.2, 0.25) is 0 Å². The van der Waals surface area contributed by atoms with Crippen molar-refractivity contribution in [2.45, 2.75) is 25.8 Å². The van der Waals surface area contributed by atoms with E-state index in [-0.39, 0.29) is 35.3 Å². The zero-order valence-corrected chi connectivity index (χ0v) is 19.3. The molecular weight excluding hydrogens is 493 g/mol. The highest BCUT2D eigenvalue weighted by molar-refractivity contribution is 14.0. The maximum atomic E-state index is 11.7. The van der Waals surface area contributed by atoms with E-state index in [0.717, 1.165) is 50.3 Å². The number of benzene rings is 1. The van der Waals surface area contributed by atoms with Gasteiger partial charge in [-0.3, -0.25) is 14.5 Å². The van der Waals surface area contributed by atoms with Crippen molar-refractivity contribution >= 4 is 51.6 Å². The van der Waals surface area contributed by atoms with Crippen LogP contribution in [-0.2, 0) is 21.4 Å². The second-order valence-corrected chi connectivity index (χ2v) is 9.20. The van der Waals surface area contributed by atoms with Gasteiger partial charge in [-0.25, -0.2) is 8.42 Å². The van der Waals surface area contributed by atoms with Crippen LogP contribution in [0.1, 0.15) is 24.8 Å². The first kappa shape index (κ1) is 22.7. The normalized spacial score (nSPS) is 22.6. The summed E-state index contributed by atoms with van der Waals surface area (Å²) in [7, 11) is -1.51. The Kier molecular flexibility index (Phi) is 7.54. The van der Waals surface area contributed by atoms with Gasteiger partial charge in [0.1, 0.15) is 0 Å². The maximum absolute atomic E-state index is 11.7. The van der Waals surface area contributed by atoms with Gasteiger partial charge in [-0.05, 0) is 30.5 Å². The predicted octanol–water partition coefficient (Wildman–Crippen LogP) is 1.35. The molecule has 1 aromatic rings. The van der Waals surface area contributed by atoms with E-state index in [4.69, 9.17) is 0 Å². The van der Waals surface area contributed by atoms with Crippen molar-refractivity contribution in [3.05, 3.63) is 29.8 Å². The molecule has 2 heterocycles. The van der Waals surface area contributed by atoms with Crippen molar-refractivity contribution < 1.29 is 13.2 Å². The molecule has 1 amide bonds. The van der Waals surface area contributed by atoms with Crippen LogP contribution in [0.3, 0.4) is 0 Å². The van der Waals surface area contributed by atoms with Gasteiger partial charge in [0.2, 0.25) is 15.9 Å². The summed E-state index contributed by atoms with van der Waals surface area (Å²) in [4.78, 5) is 18.3. The molecule has 0 bridgehead atoms. The minimum atomic E-state index is -3.27. The first-order valence-corrected chi connectivity index (χ1v) is 11.0. The molecule has 0 aliphatic carbocycles. The summed E-state index contributed by atoms with van der Waals surface area (Å²) < 4.78 is 25.0. The quantitative estimate of drug-likeness (QED) is 0.316. The molecule has 1 atom stereocenters. The second-order valence-electron chi connectivity index (χ2n) is 7.45. The number of sulfonamides is 1. The molecule has 8 nitrogen and oxygen atoms in total. The Bertz CT molecular complexity index is 828. The number of amides is 1. The number of guanidine groups is 1. The number of anilines is 1. The number of hydrogen-bond acceptors (Lipinski definition) is 4. The van der Waals surface area contributed by atoms with Crippen LogP contribution in [0.4, 0.5) is 5.69 Å². The van der Waals surface area contributed by atoms with Crippen molar-refractivity contribution in [2.75, 3.05) is 37.7 Å². The van der Waals surface area contributed by atoms with Gasteiger partial charge in [-0.15, -0.1) is 24.0 Å². The van der Waals surface area contributed by atoms with Crippen LogP contribution >= 0.6 is 24.0 Å². The van der Waals surface area contributed by atoms with Crippen LogP contribution in [0.15, 0.2) is 29.3 Å². The van der Waals surface area contributed by atoms with E-state index in [2.05, 4.69) is 25.2 Å². The lowest BCUT2D eigenvalue weighted by Gasteiger charge is -2.40. The lowest BCUT2D eigenvalue weighted by atomic mass is 9.79. The number of piperidine rings is 1. The average molecular weight is 521 g/mol. The average Bonchev–Trinajstić information content (AvgIpc) is 2.95. The minimum absolute atomic E-state index is 0. The molecule has 3 N–H and O–H groups in total. The molecule has 3 rings (SSSR count). The van der Waals surface area contributed by atoms with E-state index in [9.17, 15) is 13.2 Å². The van der Waals surface area contributed by atoms with Crippen molar-refractivity contribution in [1.29, 1.82) is 0 Å². The topological polar surface area (TPSA) is 103 Å². The predicted molar refractivity (Wildman–Crippen MR) is 121 cm³/mol. The van der Waals surface area contributed by atoms with Gasteiger partial charge in [0, 0.05) is 50.7 Å². The summed E-state index contributed by atoms with van der Waals surface area (Å²) in [5, 5.41) is 6.33. The number of aliphatic imine (C=N–C) groups is 1. The Morgan fingerprint density at radius 3 is 2.61 bits per heavy atom. The fraction of sp³-hybridized carbons (Fsp3) is 0.556. The summed E-state index contributed by atoms with van der Waals surface area (Å²) in [6.45, 7) is 3.08. The molecular formula is C18H28IN5O3S. The van der Waals surface area contributed by atoms with E-state index in [1.165, 1.54) is 0 Å². The number of nitrogens with one attached hydrogen (secondary N) is 3. The SMILES string of the molecule is CN=C(NCc1ccc(NS(C)(=O)=O)cc1)N1CCCC2(CNC(=O)C2)C1.I. The number of nitrogens with zero attached hydrogens (tertiary/aromatic N) is 2. The van der Waals surface area contributed by atoms with Gasteiger partial charge in [0.15, 0.2) is 5.96 Å². The third-order valence-electron chi connectivity index (χ3n) is 5.08. The Balaban J connectivity index is 0.00000280. The lowest BCUT2D eigenvalue weighted by Crippen LogP contribution is -2.51. The molecule has 2 fully saturated rings. The number of hydrogen-bond donors (Lipinski definition) is 3. The van der Waals surface area contributed by atoms with Crippen molar-refractivity contribution in [1.82, 2.24) is 15.5 Å². The van der Waals surface area contributed by atoms with E-state index in [0.29, 0.717) is 18.7 Å². The Morgan fingerprint density at radius 2 is 2.04 bits per heavy atom. The highest BCUT2D eigenvalue weighted by Crippen LogP contribution is 2.36. The fourth-order valence-corrected chi connectivity index (χ4v) is 4.41. The summed E-state index contributed by atoms with van der Waals surface area (Å²) in [6.07, 6.45) is 3.83. The first-order chi connectivity index (χ1) is 12.8. The van der Waals surface area contributed by atoms with E-state index in [1.807, 2.05) is 12.1 Å². The third kappa shape index (κ3) is 5.97. The summed E-state index contributed by atoms with van der Waals surface area (Å²) in [5.41, 5.74) is 1.59. The van der Waals surface area contributed by atoms with Crippen molar-refractivity contribution in [2.24, 2.45) is 10.4 Å². The zero-order valence-electron chi connectivity index (χ0n) is 16.2. The molecule has 0 radical (unpaired) electrons. The first-order valence-electron chi connectivity index (χ1n) is 9.08.